The molecule has 0 aromatic rings. The lowest BCUT2D eigenvalue weighted by molar-refractivity contribution is -0.471. The van der Waals surface area contributed by atoms with Crippen molar-refractivity contribution >= 4 is 28.6 Å². The molecule has 0 aliphatic rings. The van der Waals surface area contributed by atoms with E-state index >= 15 is 0 Å². The van der Waals surface area contributed by atoms with Gasteiger partial charge in [-0.2, -0.15) is 92.2 Å². The van der Waals surface area contributed by atoms with Gasteiger partial charge >= 0.3 is 57.5 Å². The minimum absolute atomic E-state index is 0.333. The van der Waals surface area contributed by atoms with Crippen LogP contribution in [0.1, 0.15) is 0 Å². The average Bonchev–Trinajstić information content (AvgIpc) is 2.57. The third-order valence-corrected chi connectivity index (χ3v) is 4.15. The van der Waals surface area contributed by atoms with Crippen LogP contribution in [-0.2, 0) is 0 Å². The first kappa shape index (κ1) is 36.7. The van der Waals surface area contributed by atoms with Crippen LogP contribution < -0.4 is 11.5 Å². The fourth-order valence-electron chi connectivity index (χ4n) is 1.54. The van der Waals surface area contributed by atoms with Crippen LogP contribution in [0.5, 0.6) is 0 Å². The van der Waals surface area contributed by atoms with Gasteiger partial charge in [-0.25, -0.2) is 0 Å². The van der Waals surface area contributed by atoms with Crippen molar-refractivity contribution in [1.29, 1.82) is 5.41 Å². The number of nitrogens with two attached hydrogens (primary N) is 2. The minimum atomic E-state index is -9.12. The molecule has 0 radical (unpaired) electrons. The molecule has 25 heteroatoms. The zero-order chi connectivity index (χ0) is 30.6. The van der Waals surface area contributed by atoms with Crippen molar-refractivity contribution in [3.63, 3.8) is 0 Å². The third kappa shape index (κ3) is 5.11. The highest BCUT2D eigenvalue weighted by molar-refractivity contribution is 14.1. The summed E-state index contributed by atoms with van der Waals surface area (Å²) in [5, 5.41) is 6.06. The van der Waals surface area contributed by atoms with Crippen LogP contribution in [0, 0.1) is 5.41 Å². The lowest BCUT2D eigenvalue weighted by Crippen LogP contribution is -2.76. The first-order chi connectivity index (χ1) is 15.0. The van der Waals surface area contributed by atoms with Crippen LogP contribution in [0.3, 0.4) is 0 Å². The molecule has 0 aromatic heterocycles. The lowest BCUT2D eigenvalue weighted by atomic mass is 9.87. The van der Waals surface area contributed by atoms with E-state index in [0.29, 0.717) is 0 Å². The molecule has 0 aliphatic heterocycles. The van der Waals surface area contributed by atoms with Gasteiger partial charge in [0.05, 0.1) is 0 Å². The number of hydrogen-bond donors (Lipinski definition) is 3. The van der Waals surface area contributed by atoms with Crippen molar-refractivity contribution < 1.29 is 92.2 Å². The van der Waals surface area contributed by atoms with Gasteiger partial charge < -0.3 is 11.5 Å². The van der Waals surface area contributed by atoms with Crippen LogP contribution in [0.25, 0.3) is 0 Å². The Kier molecular flexibility index (Phi) is 9.55. The number of rotatable bonds is 8. The van der Waals surface area contributed by atoms with Gasteiger partial charge in [-0.1, -0.05) is 0 Å². The third-order valence-electron chi connectivity index (χ3n) is 3.47. The molecule has 36 heavy (non-hydrogen) atoms. The summed E-state index contributed by atoms with van der Waals surface area (Å²) in [6.45, 7) is 0. The maximum Gasteiger partial charge on any atom is 0.460 e. The van der Waals surface area contributed by atoms with Gasteiger partial charge in [-0.05, 0) is 0 Å². The van der Waals surface area contributed by atoms with Gasteiger partial charge in [0, 0.05) is 22.6 Å². The zero-order valence-corrected chi connectivity index (χ0v) is 17.6. The van der Waals surface area contributed by atoms with E-state index in [1.807, 2.05) is 0 Å². The summed E-state index contributed by atoms with van der Waals surface area (Å²) in [4.78, 5) is 0. The molecule has 0 unspecified atom stereocenters. The molecule has 5 N–H and O–H groups in total. The second-order valence-electron chi connectivity index (χ2n) is 6.05. The van der Waals surface area contributed by atoms with Crippen LogP contribution in [-0.4, -0.2) is 63.4 Å². The first-order valence-corrected chi connectivity index (χ1v) is 8.31. The van der Waals surface area contributed by atoms with E-state index in [1.165, 1.54) is 0 Å². The molecule has 218 valence electrons. The highest BCUT2D eigenvalue weighted by Gasteiger charge is 2.97. The smallest absolute Gasteiger partial charge is 0.370 e. The highest BCUT2D eigenvalue weighted by atomic mass is 127. The van der Waals surface area contributed by atoms with E-state index < -0.39 is 80.1 Å². The summed E-state index contributed by atoms with van der Waals surface area (Å²) in [7, 11) is 0. The van der Waals surface area contributed by atoms with E-state index in [-0.39, 0.29) is 5.96 Å². The van der Waals surface area contributed by atoms with Crippen molar-refractivity contribution in [3.05, 3.63) is 0 Å². The van der Waals surface area contributed by atoms with Gasteiger partial charge in [0.1, 0.15) is 0 Å². The van der Waals surface area contributed by atoms with Crippen molar-refractivity contribution in [2.45, 2.75) is 57.5 Å². The van der Waals surface area contributed by atoms with Crippen molar-refractivity contribution in [3.8, 4) is 0 Å². The molecule has 0 aromatic carbocycles. The summed E-state index contributed by atoms with van der Waals surface area (Å²) >= 11 is -1.14. The topological polar surface area (TPSA) is 75.9 Å². The molecular weight excluding hydrogens is 700 g/mol. The predicted molar refractivity (Wildman–Crippen MR) is 80.7 cm³/mol. The van der Waals surface area contributed by atoms with Crippen LogP contribution in [0.4, 0.5) is 92.2 Å². The monoisotopic (exact) mass is 705 g/mol. The Hall–Kier alpha value is -1.47. The molecule has 0 saturated heterocycles. The average molecular weight is 705 g/mol. The summed E-state index contributed by atoms with van der Waals surface area (Å²) < 4.78 is 261. The number of alkyl halides is 22. The summed E-state index contributed by atoms with van der Waals surface area (Å²) in [6.07, 6.45) is -7.98. The van der Waals surface area contributed by atoms with Gasteiger partial charge in [0.2, 0.25) is 0 Å². The molecule has 3 nitrogen and oxygen atoms in total. The SMILES string of the molecule is FC(F)(F)C(F)(F)C(F)(F)C(F)(F)C(F)(F)C(F)(F)C(F)(F)C(F)(F)C(F)(F)C(F)(F)I.N=C(N)N. The zero-order valence-electron chi connectivity index (χ0n) is 15.5. The van der Waals surface area contributed by atoms with Gasteiger partial charge in [0.15, 0.2) is 5.96 Å². The van der Waals surface area contributed by atoms with Crippen LogP contribution in [0.15, 0.2) is 0 Å². The van der Waals surface area contributed by atoms with E-state index in [4.69, 9.17) is 5.41 Å². The van der Waals surface area contributed by atoms with Gasteiger partial charge in [-0.3, -0.25) is 5.41 Å². The normalized spacial score (nSPS) is 15.8. The van der Waals surface area contributed by atoms with E-state index in [0.717, 1.165) is 0 Å². The molecule has 0 aliphatic carbocycles. The first-order valence-electron chi connectivity index (χ1n) is 7.23. The van der Waals surface area contributed by atoms with Crippen molar-refractivity contribution in [2.24, 2.45) is 11.5 Å². The minimum Gasteiger partial charge on any atom is -0.370 e. The van der Waals surface area contributed by atoms with Gasteiger partial charge in [0.25, 0.3) is 0 Å². The molecule has 0 rings (SSSR count). The molecule has 0 saturated carbocycles. The number of halogens is 22. The second kappa shape index (κ2) is 9.37. The fourth-order valence-corrected chi connectivity index (χ4v) is 1.88. The Morgan fingerprint density at radius 2 is 0.528 bits per heavy atom. The van der Waals surface area contributed by atoms with E-state index in [1.54, 1.807) is 0 Å². The number of nitrogens with one attached hydrogen (secondary N) is 1. The Balaban J connectivity index is 0. The fraction of sp³-hybridized carbons (Fsp3) is 0.909. The standard InChI is InChI=1S/C10F21I.CH5N3/c11-1(12,3(15,16)5(19,20)7(23,24)9(27,28)29)2(13,14)4(17,18)6(21,22)8(25,26)10(30,31)32;2-1(3)4/h;(H5,2,3,4). The summed E-state index contributed by atoms with van der Waals surface area (Å²) in [6, 6.07) is 0. The van der Waals surface area contributed by atoms with Crippen molar-refractivity contribution in [2.75, 3.05) is 0 Å². The lowest BCUT2D eigenvalue weighted by Gasteiger charge is -2.44. The number of guanidine groups is 1. The van der Waals surface area contributed by atoms with Crippen LogP contribution >= 0.6 is 22.6 Å². The van der Waals surface area contributed by atoms with Gasteiger partial charge in [-0.15, -0.1) is 0 Å². The Morgan fingerprint density at radius 1 is 0.389 bits per heavy atom. The Bertz CT molecular complexity index is 730. The molecular formula is C11H5F21IN3. The molecule has 0 heterocycles. The molecule has 0 fully saturated rings. The molecule has 0 spiro atoms. The second-order valence-corrected chi connectivity index (χ2v) is 7.40. The molecule has 0 amide bonds. The van der Waals surface area contributed by atoms with Crippen LogP contribution in [0.2, 0.25) is 0 Å². The molecule has 0 atom stereocenters. The van der Waals surface area contributed by atoms with E-state index in [2.05, 4.69) is 11.5 Å². The predicted octanol–water partition coefficient (Wildman–Crippen LogP) is 6.50. The maximum atomic E-state index is 13.2. The quantitative estimate of drug-likeness (QED) is 0.0888. The van der Waals surface area contributed by atoms with Crippen molar-refractivity contribution in [1.82, 2.24) is 0 Å². The maximum absolute atomic E-state index is 13.2. The highest BCUT2D eigenvalue weighted by Crippen LogP contribution is 2.66. The Labute approximate surface area is 195 Å². The number of hydrogen-bond acceptors (Lipinski definition) is 1. The summed E-state index contributed by atoms with van der Waals surface area (Å²) in [5.41, 5.74) is 8.94. The Morgan fingerprint density at radius 3 is 0.667 bits per heavy atom. The largest absolute Gasteiger partial charge is 0.460 e. The summed E-state index contributed by atoms with van der Waals surface area (Å²) in [5.74, 6) is -70.1. The van der Waals surface area contributed by atoms with E-state index in [9.17, 15) is 92.2 Å². The molecule has 0 bridgehead atoms.